The fourth-order valence-electron chi connectivity index (χ4n) is 8.04. The van der Waals surface area contributed by atoms with E-state index in [-0.39, 0.29) is 5.97 Å². The molecule has 0 radical (unpaired) electrons. The third-order valence-corrected chi connectivity index (χ3v) is 9.34. The fourth-order valence-corrected chi connectivity index (χ4v) is 8.04. The highest BCUT2D eigenvalue weighted by Gasteiger charge is 2.59. The minimum atomic E-state index is -0.113. The van der Waals surface area contributed by atoms with Gasteiger partial charge in [-0.25, -0.2) is 4.79 Å². The van der Waals surface area contributed by atoms with Crippen molar-refractivity contribution in [2.75, 3.05) is 6.61 Å². The predicted octanol–water partition coefficient (Wildman–Crippen LogP) is 5.29. The van der Waals surface area contributed by atoms with Gasteiger partial charge in [-0.15, -0.1) is 0 Å². The Balaban J connectivity index is 1.44. The maximum atomic E-state index is 11.6. The number of allylic oxidation sites excluding steroid dienone is 2. The van der Waals surface area contributed by atoms with Crippen LogP contribution in [0.3, 0.4) is 0 Å². The molecule has 1 unspecified atom stereocenters. The van der Waals surface area contributed by atoms with Gasteiger partial charge >= 0.3 is 5.97 Å². The minimum absolute atomic E-state index is 0.113. The zero-order chi connectivity index (χ0) is 17.2. The summed E-state index contributed by atoms with van der Waals surface area (Å²) in [6.07, 6.45) is 17.6. The van der Waals surface area contributed by atoms with Crippen LogP contribution in [0, 0.1) is 40.4 Å². The molecule has 2 heteroatoms. The fraction of sp³-hybridized carbons (Fsp3) is 0.783. The van der Waals surface area contributed by atoms with E-state index < -0.39 is 0 Å². The summed E-state index contributed by atoms with van der Waals surface area (Å²) in [4.78, 5) is 11.6. The summed E-state index contributed by atoms with van der Waals surface area (Å²) in [5, 5.41) is 0. The van der Waals surface area contributed by atoms with E-state index in [1.165, 1.54) is 56.9 Å². The first-order valence-corrected chi connectivity index (χ1v) is 10.5. The summed E-state index contributed by atoms with van der Waals surface area (Å²) in [6.45, 7) is 5.72. The maximum Gasteiger partial charge on any atom is 0.331 e. The molecule has 3 saturated carbocycles. The Morgan fingerprint density at radius 3 is 2.64 bits per heavy atom. The summed E-state index contributed by atoms with van der Waals surface area (Å²) in [5.74, 6) is 4.08. The van der Waals surface area contributed by atoms with Crippen LogP contribution in [-0.2, 0) is 9.53 Å². The Morgan fingerprint density at radius 1 is 1.00 bits per heavy atom. The molecule has 0 N–H and O–H groups in total. The highest BCUT2D eigenvalue weighted by Crippen LogP contribution is 2.67. The standard InChI is InChI=1S/C23H32O2/c1-22-11-4-3-5-16(22)6-7-17-19-9-8-18(15-13-21(24)25-14-15)23(19,2)12-10-20(17)22/h3-4,13,16-20H,5-12,14H2,1-2H3/t16?,17-,18+,19-,20-,22-,23+/m0/s1. The normalized spacial score (nSPS) is 51.4. The first-order chi connectivity index (χ1) is 12.0. The molecule has 0 bridgehead atoms. The number of carbonyl (C=O) groups excluding carboxylic acids is 1. The van der Waals surface area contributed by atoms with Crippen molar-refractivity contribution in [1.82, 2.24) is 0 Å². The van der Waals surface area contributed by atoms with Gasteiger partial charge in [-0.3, -0.25) is 0 Å². The average Bonchev–Trinajstić information content (AvgIpc) is 3.16. The number of cyclic esters (lactones) is 1. The van der Waals surface area contributed by atoms with E-state index in [0.29, 0.717) is 23.4 Å². The Hall–Kier alpha value is -1.05. The molecular weight excluding hydrogens is 308 g/mol. The minimum Gasteiger partial charge on any atom is -0.458 e. The van der Waals surface area contributed by atoms with Crippen LogP contribution in [0.1, 0.15) is 65.2 Å². The SMILES string of the molecule is C[C@]12CC[C@H]3[C@@H](CCC4CC=CC[C@@]43C)[C@@H]1CC[C@@H]2C1=CC(=O)OC1. The number of rotatable bonds is 1. The second-order valence-corrected chi connectivity index (χ2v) is 10.1. The smallest absolute Gasteiger partial charge is 0.331 e. The Kier molecular flexibility index (Phi) is 3.53. The molecule has 0 aromatic carbocycles. The van der Waals surface area contributed by atoms with Crippen LogP contribution in [0.5, 0.6) is 0 Å². The lowest BCUT2D eigenvalue weighted by atomic mass is 9.45. The molecule has 2 nitrogen and oxygen atoms in total. The second kappa shape index (κ2) is 5.47. The van der Waals surface area contributed by atoms with Crippen molar-refractivity contribution in [3.05, 3.63) is 23.8 Å². The molecule has 0 aromatic heterocycles. The van der Waals surface area contributed by atoms with E-state index in [1.54, 1.807) is 0 Å². The first kappa shape index (κ1) is 16.1. The van der Waals surface area contributed by atoms with Crippen molar-refractivity contribution in [1.29, 1.82) is 0 Å². The molecule has 3 fully saturated rings. The monoisotopic (exact) mass is 340 g/mol. The van der Waals surface area contributed by atoms with E-state index in [9.17, 15) is 4.79 Å². The van der Waals surface area contributed by atoms with Crippen molar-refractivity contribution in [2.24, 2.45) is 40.4 Å². The molecule has 4 aliphatic carbocycles. The summed E-state index contributed by atoms with van der Waals surface area (Å²) in [6, 6.07) is 0. The number of carbonyl (C=O) groups is 1. The van der Waals surface area contributed by atoms with Crippen molar-refractivity contribution >= 4 is 5.97 Å². The Bertz CT molecular complexity index is 646. The highest BCUT2D eigenvalue weighted by molar-refractivity contribution is 5.85. The molecule has 1 aliphatic heterocycles. The van der Waals surface area contributed by atoms with Gasteiger partial charge in [0.15, 0.2) is 0 Å². The lowest BCUT2D eigenvalue weighted by molar-refractivity contribution is -0.135. The molecule has 25 heavy (non-hydrogen) atoms. The van der Waals surface area contributed by atoms with Gasteiger partial charge in [-0.1, -0.05) is 26.0 Å². The van der Waals surface area contributed by atoms with Gasteiger partial charge in [0.05, 0.1) is 0 Å². The molecular formula is C23H32O2. The summed E-state index contributed by atoms with van der Waals surface area (Å²) >= 11 is 0. The van der Waals surface area contributed by atoms with Gasteiger partial charge in [-0.2, -0.15) is 0 Å². The van der Waals surface area contributed by atoms with Crippen molar-refractivity contribution < 1.29 is 9.53 Å². The van der Waals surface area contributed by atoms with Crippen LogP contribution in [0.4, 0.5) is 0 Å². The summed E-state index contributed by atoms with van der Waals surface area (Å²) in [5.41, 5.74) is 2.24. The lowest BCUT2D eigenvalue weighted by Gasteiger charge is -2.59. The quantitative estimate of drug-likeness (QED) is 0.478. The molecule has 1 heterocycles. The lowest BCUT2D eigenvalue weighted by Crippen LogP contribution is -2.52. The van der Waals surface area contributed by atoms with Crippen LogP contribution >= 0.6 is 0 Å². The van der Waals surface area contributed by atoms with E-state index >= 15 is 0 Å². The molecule has 0 spiro atoms. The molecule has 136 valence electrons. The second-order valence-electron chi connectivity index (χ2n) is 10.1. The van der Waals surface area contributed by atoms with Crippen LogP contribution in [-0.4, -0.2) is 12.6 Å². The van der Waals surface area contributed by atoms with Crippen molar-refractivity contribution in [2.45, 2.75) is 65.2 Å². The van der Waals surface area contributed by atoms with E-state index in [4.69, 9.17) is 4.74 Å². The number of hydrogen-bond donors (Lipinski definition) is 0. The van der Waals surface area contributed by atoms with E-state index in [1.807, 2.05) is 6.08 Å². The van der Waals surface area contributed by atoms with E-state index in [2.05, 4.69) is 26.0 Å². The molecule has 0 aromatic rings. The number of ether oxygens (including phenoxy) is 1. The maximum absolute atomic E-state index is 11.6. The topological polar surface area (TPSA) is 26.3 Å². The van der Waals surface area contributed by atoms with E-state index in [0.717, 1.165) is 23.7 Å². The summed E-state index contributed by atoms with van der Waals surface area (Å²) in [7, 11) is 0. The summed E-state index contributed by atoms with van der Waals surface area (Å²) < 4.78 is 5.26. The third kappa shape index (κ3) is 2.18. The third-order valence-electron chi connectivity index (χ3n) is 9.34. The van der Waals surface area contributed by atoms with Crippen LogP contribution in [0.25, 0.3) is 0 Å². The van der Waals surface area contributed by atoms with Gasteiger partial charge in [-0.05, 0) is 97.4 Å². The number of esters is 1. The molecule has 5 aliphatic rings. The van der Waals surface area contributed by atoms with Gasteiger partial charge in [0.1, 0.15) is 6.61 Å². The van der Waals surface area contributed by atoms with Gasteiger partial charge in [0.25, 0.3) is 0 Å². The molecule has 7 atom stereocenters. The predicted molar refractivity (Wildman–Crippen MR) is 98.8 cm³/mol. The number of hydrogen-bond acceptors (Lipinski definition) is 2. The van der Waals surface area contributed by atoms with Crippen molar-refractivity contribution in [3.8, 4) is 0 Å². The van der Waals surface area contributed by atoms with Crippen LogP contribution in [0.2, 0.25) is 0 Å². The van der Waals surface area contributed by atoms with Crippen LogP contribution < -0.4 is 0 Å². The highest BCUT2D eigenvalue weighted by atomic mass is 16.5. The zero-order valence-corrected chi connectivity index (χ0v) is 15.8. The molecule has 5 rings (SSSR count). The largest absolute Gasteiger partial charge is 0.458 e. The molecule has 0 amide bonds. The molecule has 0 saturated heterocycles. The van der Waals surface area contributed by atoms with Gasteiger partial charge in [0, 0.05) is 6.08 Å². The first-order valence-electron chi connectivity index (χ1n) is 10.5. The van der Waals surface area contributed by atoms with Gasteiger partial charge in [0.2, 0.25) is 0 Å². The zero-order valence-electron chi connectivity index (χ0n) is 15.8. The van der Waals surface area contributed by atoms with Crippen molar-refractivity contribution in [3.63, 3.8) is 0 Å². The Labute approximate surface area is 152 Å². The Morgan fingerprint density at radius 2 is 1.84 bits per heavy atom. The van der Waals surface area contributed by atoms with Crippen LogP contribution in [0.15, 0.2) is 23.8 Å². The average molecular weight is 341 g/mol. The number of fused-ring (bicyclic) bond motifs is 5. The van der Waals surface area contributed by atoms with Gasteiger partial charge < -0.3 is 4.74 Å².